The van der Waals surface area contributed by atoms with E-state index in [-0.39, 0.29) is 11.8 Å². The second kappa shape index (κ2) is 7.36. The van der Waals surface area contributed by atoms with Crippen LogP contribution in [0, 0.1) is 5.92 Å². The number of amides is 1. The lowest BCUT2D eigenvalue weighted by Gasteiger charge is -2.16. The first-order chi connectivity index (χ1) is 9.70. The Morgan fingerprint density at radius 1 is 1.50 bits per heavy atom. The normalized spacial score (nSPS) is 22.2. The molecule has 0 bridgehead atoms. The van der Waals surface area contributed by atoms with Gasteiger partial charge in [-0.3, -0.25) is 9.78 Å². The lowest BCUT2D eigenvalue weighted by Crippen LogP contribution is -2.30. The Labute approximate surface area is 119 Å². The zero-order valence-electron chi connectivity index (χ0n) is 11.9. The monoisotopic (exact) mass is 278 g/mol. The van der Waals surface area contributed by atoms with Gasteiger partial charge in [-0.25, -0.2) is 0 Å². The van der Waals surface area contributed by atoms with Crippen molar-refractivity contribution in [3.8, 4) is 0 Å². The molecular weight excluding hydrogens is 256 g/mol. The van der Waals surface area contributed by atoms with E-state index >= 15 is 0 Å². The molecule has 0 aromatic carbocycles. The van der Waals surface area contributed by atoms with Gasteiger partial charge in [-0.2, -0.15) is 0 Å². The fraction of sp³-hybridized carbons (Fsp3) is 0.600. The van der Waals surface area contributed by atoms with Gasteiger partial charge in [-0.05, 0) is 25.5 Å². The van der Waals surface area contributed by atoms with Crippen LogP contribution in [0.3, 0.4) is 0 Å². The molecule has 1 aliphatic rings. The minimum absolute atomic E-state index is 0.0565. The first-order valence-corrected chi connectivity index (χ1v) is 7.14. The number of aromatic nitrogens is 1. The van der Waals surface area contributed by atoms with Crippen LogP contribution in [-0.2, 0) is 16.0 Å². The molecule has 110 valence electrons. The van der Waals surface area contributed by atoms with Crippen LogP contribution < -0.4 is 0 Å². The molecule has 2 heterocycles. The van der Waals surface area contributed by atoms with Crippen molar-refractivity contribution >= 4 is 5.91 Å². The van der Waals surface area contributed by atoms with Crippen LogP contribution in [0.15, 0.2) is 24.4 Å². The number of hydrogen-bond acceptors (Lipinski definition) is 4. The molecule has 0 aliphatic carbocycles. The molecule has 1 N–H and O–H groups in total. The summed E-state index contributed by atoms with van der Waals surface area (Å²) < 4.78 is 5.19. The summed E-state index contributed by atoms with van der Waals surface area (Å²) in [6, 6.07) is 5.76. The first-order valence-electron chi connectivity index (χ1n) is 7.14. The summed E-state index contributed by atoms with van der Waals surface area (Å²) in [5.41, 5.74) is 0.958. The second-order valence-corrected chi connectivity index (χ2v) is 5.10. The van der Waals surface area contributed by atoms with Crippen LogP contribution in [0.4, 0.5) is 0 Å². The third kappa shape index (κ3) is 4.02. The predicted octanol–water partition coefficient (Wildman–Crippen LogP) is 0.870. The molecule has 0 spiro atoms. The van der Waals surface area contributed by atoms with E-state index in [0.29, 0.717) is 39.1 Å². The molecule has 1 fully saturated rings. The average molecular weight is 278 g/mol. The largest absolute Gasteiger partial charge is 0.391 e. The Bertz CT molecular complexity index is 424. The maximum Gasteiger partial charge on any atom is 0.224 e. The van der Waals surface area contributed by atoms with E-state index in [9.17, 15) is 9.90 Å². The quantitative estimate of drug-likeness (QED) is 0.784. The summed E-state index contributed by atoms with van der Waals surface area (Å²) in [6.45, 7) is 4.00. The number of likely N-dealkylation sites (tertiary alicyclic amines) is 1. The number of nitrogens with zero attached hydrogens (tertiary/aromatic N) is 2. The van der Waals surface area contributed by atoms with Gasteiger partial charge in [0.05, 0.1) is 19.1 Å². The Morgan fingerprint density at radius 3 is 3.05 bits per heavy atom. The molecule has 1 saturated heterocycles. The highest BCUT2D eigenvalue weighted by atomic mass is 16.5. The number of carbonyl (C=O) groups excluding carboxylic acids is 1. The van der Waals surface area contributed by atoms with Gasteiger partial charge in [-0.1, -0.05) is 6.07 Å². The van der Waals surface area contributed by atoms with Crippen molar-refractivity contribution in [2.24, 2.45) is 5.92 Å². The van der Waals surface area contributed by atoms with Crippen LogP contribution in [0.2, 0.25) is 0 Å². The molecule has 2 rings (SSSR count). The molecule has 20 heavy (non-hydrogen) atoms. The lowest BCUT2D eigenvalue weighted by atomic mass is 10.00. The minimum Gasteiger partial charge on any atom is -0.391 e. The van der Waals surface area contributed by atoms with Gasteiger partial charge in [-0.15, -0.1) is 0 Å². The van der Waals surface area contributed by atoms with Crippen LogP contribution in [0.5, 0.6) is 0 Å². The predicted molar refractivity (Wildman–Crippen MR) is 75.1 cm³/mol. The summed E-state index contributed by atoms with van der Waals surface area (Å²) in [6.07, 6.45) is 2.38. The fourth-order valence-electron chi connectivity index (χ4n) is 2.51. The maximum atomic E-state index is 12.0. The molecule has 1 aliphatic heterocycles. The molecule has 1 aromatic heterocycles. The smallest absolute Gasteiger partial charge is 0.224 e. The van der Waals surface area contributed by atoms with Crippen molar-refractivity contribution in [3.63, 3.8) is 0 Å². The van der Waals surface area contributed by atoms with Gasteiger partial charge in [0.2, 0.25) is 5.91 Å². The zero-order valence-corrected chi connectivity index (χ0v) is 11.9. The highest BCUT2D eigenvalue weighted by Gasteiger charge is 2.33. The molecule has 0 saturated carbocycles. The van der Waals surface area contributed by atoms with Gasteiger partial charge >= 0.3 is 0 Å². The number of carbonyl (C=O) groups is 1. The lowest BCUT2D eigenvalue weighted by molar-refractivity contribution is -0.131. The Hall–Kier alpha value is -1.46. The van der Waals surface area contributed by atoms with Crippen molar-refractivity contribution < 1.29 is 14.6 Å². The molecule has 2 atom stereocenters. The zero-order chi connectivity index (χ0) is 14.4. The standard InChI is InChI=1S/C15H22N2O3/c1-2-20-8-6-15(19)17-10-12(14(18)11-17)9-13-5-3-4-7-16-13/h3-5,7,12,14,18H,2,6,8-11H2,1H3/t12-,14-/m1/s1. The molecule has 1 amide bonds. The van der Waals surface area contributed by atoms with Gasteiger partial charge in [0, 0.05) is 37.5 Å². The Kier molecular flexibility index (Phi) is 5.49. The number of β-amino-alcohol motifs (C(OH)–C–C–N with tert-alkyl or cyclic N) is 1. The number of hydrogen-bond donors (Lipinski definition) is 1. The van der Waals surface area contributed by atoms with Crippen LogP contribution in [0.25, 0.3) is 0 Å². The van der Waals surface area contributed by atoms with E-state index in [1.807, 2.05) is 25.1 Å². The molecule has 1 aromatic rings. The minimum atomic E-state index is -0.465. The van der Waals surface area contributed by atoms with Crippen LogP contribution in [0.1, 0.15) is 19.0 Å². The Morgan fingerprint density at radius 2 is 2.35 bits per heavy atom. The summed E-state index contributed by atoms with van der Waals surface area (Å²) in [5, 5.41) is 10.1. The van der Waals surface area contributed by atoms with E-state index < -0.39 is 6.10 Å². The van der Waals surface area contributed by atoms with E-state index in [2.05, 4.69) is 4.98 Å². The van der Waals surface area contributed by atoms with Gasteiger partial charge in [0.1, 0.15) is 0 Å². The van der Waals surface area contributed by atoms with Crippen molar-refractivity contribution in [2.75, 3.05) is 26.3 Å². The molecule has 5 heteroatoms. The van der Waals surface area contributed by atoms with Crippen molar-refractivity contribution in [2.45, 2.75) is 25.9 Å². The number of rotatable bonds is 6. The second-order valence-electron chi connectivity index (χ2n) is 5.10. The fourth-order valence-corrected chi connectivity index (χ4v) is 2.51. The van der Waals surface area contributed by atoms with Crippen molar-refractivity contribution in [1.29, 1.82) is 0 Å². The van der Waals surface area contributed by atoms with Crippen LogP contribution in [-0.4, -0.2) is 53.3 Å². The van der Waals surface area contributed by atoms with E-state index in [1.165, 1.54) is 0 Å². The molecule has 5 nitrogen and oxygen atoms in total. The number of aliphatic hydroxyl groups excluding tert-OH is 1. The highest BCUT2D eigenvalue weighted by Crippen LogP contribution is 2.21. The van der Waals surface area contributed by atoms with E-state index in [4.69, 9.17) is 4.74 Å². The average Bonchev–Trinajstić information content (AvgIpc) is 2.82. The SMILES string of the molecule is CCOCCC(=O)N1C[C@@H](Cc2ccccn2)[C@H](O)C1. The molecule has 0 unspecified atom stereocenters. The van der Waals surface area contributed by atoms with Gasteiger partial charge in [0.15, 0.2) is 0 Å². The van der Waals surface area contributed by atoms with Gasteiger partial charge in [0.25, 0.3) is 0 Å². The topological polar surface area (TPSA) is 62.7 Å². The third-order valence-corrected chi connectivity index (χ3v) is 3.62. The summed E-state index contributed by atoms with van der Waals surface area (Å²) in [4.78, 5) is 18.0. The van der Waals surface area contributed by atoms with E-state index in [0.717, 1.165) is 5.69 Å². The summed E-state index contributed by atoms with van der Waals surface area (Å²) in [5.74, 6) is 0.127. The molecule has 0 radical (unpaired) electrons. The number of pyridine rings is 1. The maximum absolute atomic E-state index is 12.0. The molecular formula is C15H22N2O3. The van der Waals surface area contributed by atoms with Crippen LogP contribution >= 0.6 is 0 Å². The van der Waals surface area contributed by atoms with Crippen molar-refractivity contribution in [3.05, 3.63) is 30.1 Å². The number of aliphatic hydroxyl groups is 1. The first kappa shape index (κ1) is 14.9. The Balaban J connectivity index is 1.84. The third-order valence-electron chi connectivity index (χ3n) is 3.62. The number of ether oxygens (including phenoxy) is 1. The highest BCUT2D eigenvalue weighted by molar-refractivity contribution is 5.76. The van der Waals surface area contributed by atoms with Gasteiger partial charge < -0.3 is 14.7 Å². The summed E-state index contributed by atoms with van der Waals surface area (Å²) >= 11 is 0. The van der Waals surface area contributed by atoms with E-state index in [1.54, 1.807) is 11.1 Å². The summed E-state index contributed by atoms with van der Waals surface area (Å²) in [7, 11) is 0. The van der Waals surface area contributed by atoms with Crippen molar-refractivity contribution in [1.82, 2.24) is 9.88 Å².